The average Bonchev–Trinajstić information content (AvgIpc) is 2.34. The highest BCUT2D eigenvalue weighted by Crippen LogP contribution is 2.33. The van der Waals surface area contributed by atoms with E-state index in [-0.39, 0.29) is 0 Å². The van der Waals surface area contributed by atoms with Gasteiger partial charge in [-0.1, -0.05) is 42.6 Å². The molecule has 1 aliphatic rings. The van der Waals surface area contributed by atoms with Crippen molar-refractivity contribution in [3.05, 3.63) is 27.7 Å². The topological polar surface area (TPSA) is 12.0 Å². The van der Waals surface area contributed by atoms with Gasteiger partial charge in [0.25, 0.3) is 0 Å². The molecule has 0 spiro atoms. The number of aryl methyl sites for hydroxylation is 2. The van der Waals surface area contributed by atoms with E-state index in [4.69, 9.17) is 0 Å². The molecule has 106 valence electrons. The van der Waals surface area contributed by atoms with Gasteiger partial charge in [0.2, 0.25) is 0 Å². The predicted octanol–water partition coefficient (Wildman–Crippen LogP) is 5.69. The van der Waals surface area contributed by atoms with Crippen molar-refractivity contribution < 1.29 is 0 Å². The van der Waals surface area contributed by atoms with E-state index in [0.717, 1.165) is 11.8 Å². The Hall–Kier alpha value is -0.500. The Morgan fingerprint density at radius 2 is 1.79 bits per heavy atom. The fraction of sp³-hybridized carbons (Fsp3) is 0.647. The Kier molecular flexibility index (Phi) is 4.94. The zero-order valence-corrected chi connectivity index (χ0v) is 14.2. The molecule has 0 amide bonds. The van der Waals surface area contributed by atoms with Crippen LogP contribution in [0.5, 0.6) is 0 Å². The van der Waals surface area contributed by atoms with Gasteiger partial charge in [-0.3, -0.25) is 0 Å². The Bertz CT molecular complexity index is 416. The van der Waals surface area contributed by atoms with E-state index in [1.807, 2.05) is 0 Å². The monoisotopic (exact) mass is 323 g/mol. The summed E-state index contributed by atoms with van der Waals surface area (Å²) in [6, 6.07) is 5.07. The van der Waals surface area contributed by atoms with E-state index in [1.54, 1.807) is 0 Å². The van der Waals surface area contributed by atoms with E-state index < -0.39 is 0 Å². The van der Waals surface area contributed by atoms with Crippen LogP contribution in [0.15, 0.2) is 16.6 Å². The van der Waals surface area contributed by atoms with E-state index >= 15 is 0 Å². The van der Waals surface area contributed by atoms with Gasteiger partial charge in [-0.2, -0.15) is 0 Å². The van der Waals surface area contributed by atoms with Crippen LogP contribution in [0, 0.1) is 25.7 Å². The van der Waals surface area contributed by atoms with Crippen molar-refractivity contribution in [3.8, 4) is 0 Å². The Balaban J connectivity index is 2.09. The number of hydrogen-bond donors (Lipinski definition) is 1. The maximum Gasteiger partial charge on any atom is 0.0402 e. The number of rotatable bonds is 3. The molecule has 1 saturated carbocycles. The van der Waals surface area contributed by atoms with Crippen LogP contribution in [0.1, 0.15) is 50.7 Å². The zero-order valence-electron chi connectivity index (χ0n) is 12.6. The lowest BCUT2D eigenvalue weighted by Crippen LogP contribution is -2.30. The summed E-state index contributed by atoms with van der Waals surface area (Å²) in [6.07, 6.45) is 5.42. The Morgan fingerprint density at radius 3 is 2.37 bits per heavy atom. The van der Waals surface area contributed by atoms with Crippen molar-refractivity contribution in [2.45, 2.75) is 59.4 Å². The highest BCUT2D eigenvalue weighted by molar-refractivity contribution is 9.10. The number of halogens is 1. The number of hydrogen-bond acceptors (Lipinski definition) is 1. The van der Waals surface area contributed by atoms with Crippen molar-refractivity contribution >= 4 is 21.6 Å². The Labute approximate surface area is 126 Å². The molecule has 2 heteroatoms. The average molecular weight is 324 g/mol. The number of nitrogens with one attached hydrogen (secondary N) is 1. The van der Waals surface area contributed by atoms with Crippen molar-refractivity contribution in [3.63, 3.8) is 0 Å². The fourth-order valence-electron chi connectivity index (χ4n) is 3.31. The largest absolute Gasteiger partial charge is 0.382 e. The van der Waals surface area contributed by atoms with Gasteiger partial charge < -0.3 is 5.32 Å². The van der Waals surface area contributed by atoms with Crippen LogP contribution in [0.4, 0.5) is 5.69 Å². The van der Waals surface area contributed by atoms with Gasteiger partial charge in [-0.25, -0.2) is 0 Å². The SMILES string of the molecule is Cc1cc(Br)cc(C)c1NC1CCCC(C(C)C)C1. The highest BCUT2D eigenvalue weighted by Gasteiger charge is 2.24. The summed E-state index contributed by atoms with van der Waals surface area (Å²) in [5, 5.41) is 3.81. The van der Waals surface area contributed by atoms with Gasteiger partial charge in [-0.05, 0) is 61.8 Å². The molecule has 2 atom stereocenters. The van der Waals surface area contributed by atoms with Crippen molar-refractivity contribution in [2.24, 2.45) is 11.8 Å². The van der Waals surface area contributed by atoms with Crippen LogP contribution in [0.3, 0.4) is 0 Å². The minimum Gasteiger partial charge on any atom is -0.382 e. The lowest BCUT2D eigenvalue weighted by Gasteiger charge is -2.33. The molecule has 0 aromatic heterocycles. The third-order valence-electron chi connectivity index (χ3n) is 4.50. The molecule has 1 nitrogen and oxygen atoms in total. The minimum absolute atomic E-state index is 0.653. The first-order valence-corrected chi connectivity index (χ1v) is 8.30. The lowest BCUT2D eigenvalue weighted by molar-refractivity contribution is 0.264. The zero-order chi connectivity index (χ0) is 14.0. The molecule has 2 rings (SSSR count). The van der Waals surface area contributed by atoms with Crippen LogP contribution in [-0.4, -0.2) is 6.04 Å². The molecule has 1 aromatic rings. The fourth-order valence-corrected chi connectivity index (χ4v) is 3.99. The summed E-state index contributed by atoms with van der Waals surface area (Å²) in [5.41, 5.74) is 4.04. The third kappa shape index (κ3) is 3.75. The molecule has 2 unspecified atom stereocenters. The minimum atomic E-state index is 0.653. The summed E-state index contributed by atoms with van der Waals surface area (Å²) >= 11 is 3.57. The molecule has 0 aliphatic heterocycles. The molecule has 19 heavy (non-hydrogen) atoms. The first-order chi connectivity index (χ1) is 8.97. The maximum absolute atomic E-state index is 3.81. The number of benzene rings is 1. The normalized spacial score (nSPS) is 23.7. The first kappa shape index (κ1) is 14.9. The van der Waals surface area contributed by atoms with Crippen LogP contribution < -0.4 is 5.32 Å². The summed E-state index contributed by atoms with van der Waals surface area (Å²) in [4.78, 5) is 0. The second kappa shape index (κ2) is 6.30. The molecule has 0 saturated heterocycles. The van der Waals surface area contributed by atoms with E-state index in [1.165, 1.54) is 47.0 Å². The van der Waals surface area contributed by atoms with E-state index in [2.05, 4.69) is 61.1 Å². The van der Waals surface area contributed by atoms with Crippen LogP contribution in [0.2, 0.25) is 0 Å². The summed E-state index contributed by atoms with van der Waals surface area (Å²) < 4.78 is 1.18. The molecular weight excluding hydrogens is 298 g/mol. The predicted molar refractivity (Wildman–Crippen MR) is 87.8 cm³/mol. The highest BCUT2D eigenvalue weighted by atomic mass is 79.9. The number of anilines is 1. The van der Waals surface area contributed by atoms with Crippen molar-refractivity contribution in [1.82, 2.24) is 0 Å². The van der Waals surface area contributed by atoms with E-state index in [0.29, 0.717) is 6.04 Å². The molecule has 0 heterocycles. The molecule has 0 radical (unpaired) electrons. The third-order valence-corrected chi connectivity index (χ3v) is 4.96. The second-order valence-electron chi connectivity index (χ2n) is 6.43. The van der Waals surface area contributed by atoms with E-state index in [9.17, 15) is 0 Å². The molecular formula is C17H26BrN. The van der Waals surface area contributed by atoms with Gasteiger partial charge in [0.05, 0.1) is 0 Å². The van der Waals surface area contributed by atoms with Crippen LogP contribution >= 0.6 is 15.9 Å². The first-order valence-electron chi connectivity index (χ1n) is 7.50. The van der Waals surface area contributed by atoms with Crippen LogP contribution in [-0.2, 0) is 0 Å². The molecule has 1 N–H and O–H groups in total. The van der Waals surface area contributed by atoms with Crippen LogP contribution in [0.25, 0.3) is 0 Å². The summed E-state index contributed by atoms with van der Waals surface area (Å²) in [5.74, 6) is 1.71. The summed E-state index contributed by atoms with van der Waals surface area (Å²) in [6.45, 7) is 9.12. The lowest BCUT2D eigenvalue weighted by atomic mass is 9.79. The van der Waals surface area contributed by atoms with Gasteiger partial charge in [0.15, 0.2) is 0 Å². The molecule has 1 fully saturated rings. The van der Waals surface area contributed by atoms with Crippen molar-refractivity contribution in [1.29, 1.82) is 0 Å². The van der Waals surface area contributed by atoms with Gasteiger partial charge in [-0.15, -0.1) is 0 Å². The quantitative estimate of drug-likeness (QED) is 0.753. The standard InChI is InChI=1S/C17H26BrN/c1-11(2)14-6-5-7-16(10-14)19-17-12(3)8-15(18)9-13(17)4/h8-9,11,14,16,19H,5-7,10H2,1-4H3. The smallest absolute Gasteiger partial charge is 0.0402 e. The molecule has 1 aliphatic carbocycles. The molecule has 0 bridgehead atoms. The van der Waals surface area contributed by atoms with Gasteiger partial charge in [0.1, 0.15) is 0 Å². The maximum atomic E-state index is 3.81. The van der Waals surface area contributed by atoms with Gasteiger partial charge >= 0.3 is 0 Å². The second-order valence-corrected chi connectivity index (χ2v) is 7.34. The Morgan fingerprint density at radius 1 is 1.16 bits per heavy atom. The van der Waals surface area contributed by atoms with Gasteiger partial charge in [0, 0.05) is 16.2 Å². The van der Waals surface area contributed by atoms with Crippen molar-refractivity contribution in [2.75, 3.05) is 5.32 Å². The molecule has 1 aromatic carbocycles. The summed E-state index contributed by atoms with van der Waals surface area (Å²) in [7, 11) is 0.